The van der Waals surface area contributed by atoms with Gasteiger partial charge in [0.25, 0.3) is 0 Å². The van der Waals surface area contributed by atoms with Gasteiger partial charge in [-0.3, -0.25) is 4.79 Å². The molecule has 1 fully saturated rings. The van der Waals surface area contributed by atoms with Gasteiger partial charge in [-0.1, -0.05) is 13.0 Å². The van der Waals surface area contributed by atoms with E-state index in [0.717, 1.165) is 24.0 Å². The first-order valence-electron chi connectivity index (χ1n) is 8.80. The number of carbonyl (C=O) groups excluding carboxylic acids is 1. The molecule has 1 aromatic rings. The summed E-state index contributed by atoms with van der Waals surface area (Å²) in [7, 11) is -3.57. The molecule has 1 amide bonds. The lowest BCUT2D eigenvalue weighted by molar-refractivity contribution is -0.137. The number of amides is 1. The van der Waals surface area contributed by atoms with Crippen molar-refractivity contribution in [1.82, 2.24) is 9.62 Å². The van der Waals surface area contributed by atoms with Crippen LogP contribution in [-0.4, -0.2) is 43.5 Å². The van der Waals surface area contributed by atoms with Crippen molar-refractivity contribution in [3.8, 4) is 0 Å². The first-order chi connectivity index (χ1) is 11.7. The lowest BCUT2D eigenvalue weighted by atomic mass is 9.98. The van der Waals surface area contributed by atoms with Crippen LogP contribution in [0.25, 0.3) is 0 Å². The number of hydrogen-bond donors (Lipinski definition) is 2. The summed E-state index contributed by atoms with van der Waals surface area (Å²) in [5.41, 5.74) is 1.84. The number of carbonyl (C=O) groups is 1. The number of aliphatic hydroxyl groups excluding tert-OH is 1. The molecule has 6 nitrogen and oxygen atoms in total. The molecule has 2 N–H and O–H groups in total. The molecule has 1 aromatic carbocycles. The van der Waals surface area contributed by atoms with Gasteiger partial charge < -0.3 is 10.0 Å². The summed E-state index contributed by atoms with van der Waals surface area (Å²) in [6.07, 6.45) is 2.44. The van der Waals surface area contributed by atoms with Gasteiger partial charge in [-0.2, -0.15) is 0 Å². The van der Waals surface area contributed by atoms with Gasteiger partial charge >= 0.3 is 0 Å². The van der Waals surface area contributed by atoms with Gasteiger partial charge in [0.2, 0.25) is 15.9 Å². The summed E-state index contributed by atoms with van der Waals surface area (Å²) in [5.74, 6) is 0.217. The molecule has 1 aliphatic heterocycles. The summed E-state index contributed by atoms with van der Waals surface area (Å²) in [5, 5.41) is 9.24. The van der Waals surface area contributed by atoms with E-state index in [1.807, 2.05) is 17.9 Å². The second-order valence-corrected chi connectivity index (χ2v) is 9.27. The topological polar surface area (TPSA) is 86.7 Å². The van der Waals surface area contributed by atoms with Crippen LogP contribution in [0.1, 0.15) is 44.2 Å². The fourth-order valence-electron chi connectivity index (χ4n) is 3.14. The summed E-state index contributed by atoms with van der Waals surface area (Å²) < 4.78 is 27.2. The highest BCUT2D eigenvalue weighted by molar-refractivity contribution is 7.89. The average molecular weight is 366 g/mol. The molecule has 138 valence electrons. The SMILES string of the molecule is C[C@H](O)CCNS(=O)(=O)c1ccc2c(c1)CCN(C(=O)C1(C)CC1)C2. The lowest BCUT2D eigenvalue weighted by Crippen LogP contribution is -2.39. The maximum Gasteiger partial charge on any atom is 0.240 e. The zero-order chi connectivity index (χ0) is 18.2. The Hall–Kier alpha value is -1.44. The number of sulfonamides is 1. The van der Waals surface area contributed by atoms with E-state index in [4.69, 9.17) is 0 Å². The Morgan fingerprint density at radius 2 is 2.08 bits per heavy atom. The Morgan fingerprint density at radius 3 is 2.72 bits per heavy atom. The normalized spacial score (nSPS) is 20.0. The monoisotopic (exact) mass is 366 g/mol. The van der Waals surface area contributed by atoms with Crippen molar-refractivity contribution in [2.75, 3.05) is 13.1 Å². The van der Waals surface area contributed by atoms with Crippen LogP contribution in [0.3, 0.4) is 0 Å². The molecule has 0 unspecified atom stereocenters. The molecule has 0 bridgehead atoms. The summed E-state index contributed by atoms with van der Waals surface area (Å²) in [6, 6.07) is 5.12. The van der Waals surface area contributed by atoms with E-state index < -0.39 is 16.1 Å². The van der Waals surface area contributed by atoms with Crippen LogP contribution in [0.5, 0.6) is 0 Å². The smallest absolute Gasteiger partial charge is 0.240 e. The highest BCUT2D eigenvalue weighted by atomic mass is 32.2. The van der Waals surface area contributed by atoms with E-state index in [1.165, 1.54) is 0 Å². The van der Waals surface area contributed by atoms with Gasteiger partial charge in [0, 0.05) is 25.0 Å². The molecule has 0 spiro atoms. The molecule has 1 saturated carbocycles. The zero-order valence-electron chi connectivity index (χ0n) is 14.8. The number of hydrogen-bond acceptors (Lipinski definition) is 4. The number of fused-ring (bicyclic) bond motifs is 1. The molecule has 1 atom stereocenters. The van der Waals surface area contributed by atoms with E-state index in [-0.39, 0.29) is 22.8 Å². The number of aliphatic hydroxyl groups is 1. The lowest BCUT2D eigenvalue weighted by Gasteiger charge is -2.31. The summed E-state index contributed by atoms with van der Waals surface area (Å²) in [6.45, 7) is 5.04. The maximum absolute atomic E-state index is 12.5. The second kappa shape index (κ2) is 6.70. The minimum atomic E-state index is -3.57. The van der Waals surface area contributed by atoms with Crippen LogP contribution in [0.4, 0.5) is 0 Å². The Morgan fingerprint density at radius 1 is 1.36 bits per heavy atom. The van der Waals surface area contributed by atoms with E-state index in [0.29, 0.717) is 25.9 Å². The van der Waals surface area contributed by atoms with Crippen molar-refractivity contribution in [3.05, 3.63) is 29.3 Å². The Bertz CT molecular complexity index is 769. The van der Waals surface area contributed by atoms with Crippen molar-refractivity contribution in [2.24, 2.45) is 5.41 Å². The number of nitrogens with zero attached hydrogens (tertiary/aromatic N) is 1. The minimum absolute atomic E-state index is 0.172. The third-order valence-corrected chi connectivity index (χ3v) is 6.62. The van der Waals surface area contributed by atoms with Gasteiger partial charge in [-0.05, 0) is 55.9 Å². The molecule has 0 aromatic heterocycles. The molecule has 3 rings (SSSR count). The largest absolute Gasteiger partial charge is 0.393 e. The van der Waals surface area contributed by atoms with Crippen molar-refractivity contribution >= 4 is 15.9 Å². The van der Waals surface area contributed by atoms with Crippen LogP contribution < -0.4 is 4.72 Å². The number of nitrogens with one attached hydrogen (secondary N) is 1. The van der Waals surface area contributed by atoms with Gasteiger partial charge in [0.05, 0.1) is 11.0 Å². The second-order valence-electron chi connectivity index (χ2n) is 7.50. The van der Waals surface area contributed by atoms with Crippen LogP contribution in [0, 0.1) is 5.41 Å². The van der Waals surface area contributed by atoms with Gasteiger partial charge in [-0.25, -0.2) is 13.1 Å². The van der Waals surface area contributed by atoms with E-state index in [9.17, 15) is 18.3 Å². The molecule has 7 heteroatoms. The van der Waals surface area contributed by atoms with Crippen molar-refractivity contribution in [2.45, 2.75) is 57.1 Å². The Kier molecular flexibility index (Phi) is 4.92. The first kappa shape index (κ1) is 18.4. The van der Waals surface area contributed by atoms with Gasteiger partial charge in [-0.15, -0.1) is 0 Å². The van der Waals surface area contributed by atoms with Crippen LogP contribution in [-0.2, 0) is 27.8 Å². The summed E-state index contributed by atoms with van der Waals surface area (Å²) in [4.78, 5) is 14.6. The molecular formula is C18H26N2O4S. The van der Waals surface area contributed by atoms with Gasteiger partial charge in [0.15, 0.2) is 0 Å². The fraction of sp³-hybridized carbons (Fsp3) is 0.611. The average Bonchev–Trinajstić information content (AvgIpc) is 3.31. The van der Waals surface area contributed by atoms with Crippen LogP contribution in [0.15, 0.2) is 23.1 Å². The maximum atomic E-state index is 12.5. The number of rotatable bonds is 6. The Labute approximate surface area is 149 Å². The molecule has 1 aliphatic carbocycles. The molecule has 1 heterocycles. The standard InChI is InChI=1S/C18H26N2O4S/c1-13(21)5-9-19-25(23,24)16-4-3-15-12-20(10-6-14(15)11-16)17(22)18(2)7-8-18/h3-4,11,13,19,21H,5-10,12H2,1-2H3/t13-/m0/s1. The van der Waals surface area contributed by atoms with E-state index in [2.05, 4.69) is 4.72 Å². The van der Waals surface area contributed by atoms with Crippen LogP contribution >= 0.6 is 0 Å². The molecule has 0 saturated heterocycles. The third kappa shape index (κ3) is 4.04. The Balaban J connectivity index is 1.70. The third-order valence-electron chi connectivity index (χ3n) is 5.16. The molecule has 0 radical (unpaired) electrons. The first-order valence-corrected chi connectivity index (χ1v) is 10.3. The van der Waals surface area contributed by atoms with Crippen LogP contribution in [0.2, 0.25) is 0 Å². The predicted molar refractivity (Wildman–Crippen MR) is 94.4 cm³/mol. The van der Waals surface area contributed by atoms with Crippen molar-refractivity contribution in [3.63, 3.8) is 0 Å². The molecule has 25 heavy (non-hydrogen) atoms. The summed E-state index contributed by atoms with van der Waals surface area (Å²) >= 11 is 0. The molecule has 2 aliphatic rings. The quantitative estimate of drug-likeness (QED) is 0.797. The van der Waals surface area contributed by atoms with Crippen molar-refractivity contribution in [1.29, 1.82) is 0 Å². The van der Waals surface area contributed by atoms with E-state index >= 15 is 0 Å². The predicted octanol–water partition coefficient (Wildman–Crippen LogP) is 1.42. The number of benzene rings is 1. The molecular weight excluding hydrogens is 340 g/mol. The van der Waals surface area contributed by atoms with Crippen molar-refractivity contribution < 1.29 is 18.3 Å². The highest BCUT2D eigenvalue weighted by Gasteiger charge is 2.47. The zero-order valence-corrected chi connectivity index (χ0v) is 15.6. The fourth-order valence-corrected chi connectivity index (χ4v) is 4.24. The highest BCUT2D eigenvalue weighted by Crippen LogP contribution is 2.47. The van der Waals surface area contributed by atoms with E-state index in [1.54, 1.807) is 19.1 Å². The van der Waals surface area contributed by atoms with Gasteiger partial charge in [0.1, 0.15) is 0 Å². The minimum Gasteiger partial charge on any atom is -0.393 e.